The molecule has 3 rings (SSSR count). The smallest absolute Gasteiger partial charge is 0.431 e. The van der Waals surface area contributed by atoms with Crippen LogP contribution in [0.4, 0.5) is 17.6 Å². The van der Waals surface area contributed by atoms with Gasteiger partial charge in [0.05, 0.1) is 24.9 Å². The molecule has 0 amide bonds. The third-order valence-corrected chi connectivity index (χ3v) is 4.78. The van der Waals surface area contributed by atoms with E-state index in [4.69, 9.17) is 25.8 Å². The Balaban J connectivity index is 1.91. The van der Waals surface area contributed by atoms with Crippen molar-refractivity contribution in [2.24, 2.45) is 0 Å². The zero-order valence-electron chi connectivity index (χ0n) is 17.3. The summed E-state index contributed by atoms with van der Waals surface area (Å²) >= 11 is 6.03. The molecular weight excluding hydrogens is 468 g/mol. The number of rotatable bonds is 7. The minimum Gasteiger partial charge on any atom is -0.493 e. The summed E-state index contributed by atoms with van der Waals surface area (Å²) in [6.45, 7) is -0.204. The van der Waals surface area contributed by atoms with E-state index in [2.05, 4.69) is 4.98 Å². The SMILES string of the molecule is COc1cc(C=Cc2cc(C(F)(F)F)[nH]c(=O)n2)cc(OC)c1OCc1c(F)cccc1Cl. The second-order valence-corrected chi connectivity index (χ2v) is 7.01. The number of hydrogen-bond acceptors (Lipinski definition) is 5. The first kappa shape index (κ1) is 24.1. The first-order valence-electron chi connectivity index (χ1n) is 9.30. The zero-order valence-corrected chi connectivity index (χ0v) is 18.1. The molecule has 0 radical (unpaired) electrons. The van der Waals surface area contributed by atoms with Crippen LogP contribution in [0, 0.1) is 5.82 Å². The number of ether oxygens (including phenoxy) is 3. The average molecular weight is 485 g/mol. The molecule has 1 aromatic heterocycles. The van der Waals surface area contributed by atoms with Gasteiger partial charge >= 0.3 is 11.9 Å². The zero-order chi connectivity index (χ0) is 24.2. The molecule has 174 valence electrons. The molecule has 0 bridgehead atoms. The van der Waals surface area contributed by atoms with Crippen LogP contribution in [-0.2, 0) is 12.8 Å². The van der Waals surface area contributed by atoms with Crippen LogP contribution >= 0.6 is 11.6 Å². The van der Waals surface area contributed by atoms with E-state index >= 15 is 0 Å². The molecule has 0 aliphatic heterocycles. The third-order valence-electron chi connectivity index (χ3n) is 4.42. The van der Waals surface area contributed by atoms with E-state index in [9.17, 15) is 22.4 Å². The molecule has 6 nitrogen and oxygen atoms in total. The van der Waals surface area contributed by atoms with E-state index in [0.29, 0.717) is 11.6 Å². The van der Waals surface area contributed by atoms with Crippen LogP contribution in [0.25, 0.3) is 12.2 Å². The molecule has 0 saturated heterocycles. The Bertz CT molecular complexity index is 1200. The van der Waals surface area contributed by atoms with Crippen molar-refractivity contribution >= 4 is 23.8 Å². The lowest BCUT2D eigenvalue weighted by molar-refractivity contribution is -0.141. The first-order chi connectivity index (χ1) is 15.6. The number of methoxy groups -OCH3 is 2. The number of aromatic amines is 1. The number of alkyl halides is 3. The van der Waals surface area contributed by atoms with Gasteiger partial charge in [-0.1, -0.05) is 23.7 Å². The predicted molar refractivity (Wildman–Crippen MR) is 114 cm³/mol. The summed E-state index contributed by atoms with van der Waals surface area (Å²) in [5, 5.41) is 0.191. The van der Waals surface area contributed by atoms with Gasteiger partial charge in [0.15, 0.2) is 11.5 Å². The Morgan fingerprint density at radius 2 is 1.76 bits per heavy atom. The molecule has 11 heteroatoms. The normalized spacial score (nSPS) is 11.6. The lowest BCUT2D eigenvalue weighted by atomic mass is 10.1. The Labute approximate surface area is 190 Å². The molecule has 0 spiro atoms. The molecule has 0 unspecified atom stereocenters. The summed E-state index contributed by atoms with van der Waals surface area (Å²) in [5.41, 5.74) is -1.94. The Morgan fingerprint density at radius 3 is 2.33 bits per heavy atom. The van der Waals surface area contributed by atoms with Gasteiger partial charge in [-0.05, 0) is 42.0 Å². The maximum Gasteiger partial charge on any atom is 0.431 e. The topological polar surface area (TPSA) is 73.4 Å². The van der Waals surface area contributed by atoms with Crippen molar-refractivity contribution in [3.05, 3.63) is 80.2 Å². The highest BCUT2D eigenvalue weighted by Gasteiger charge is 2.32. The number of H-pyrrole nitrogens is 1. The lowest BCUT2D eigenvalue weighted by Crippen LogP contribution is -2.19. The molecule has 1 N–H and O–H groups in total. The standard InChI is InChI=1S/C22H17ClF4N2O4/c1-31-17-8-12(6-7-13-10-19(22(25,26)27)29-21(30)28-13)9-18(32-2)20(17)33-11-14-15(23)4-3-5-16(14)24/h3-10H,11H2,1-2H3,(H,28,29,30). The quantitative estimate of drug-likeness (QED) is 0.458. The molecular formula is C22H17ClF4N2O4. The fraction of sp³-hybridized carbons (Fsp3) is 0.182. The van der Waals surface area contributed by atoms with E-state index in [1.165, 1.54) is 56.7 Å². The van der Waals surface area contributed by atoms with Crippen molar-refractivity contribution in [3.8, 4) is 17.2 Å². The Hall–Kier alpha value is -3.53. The van der Waals surface area contributed by atoms with Crippen molar-refractivity contribution in [1.29, 1.82) is 0 Å². The number of benzene rings is 2. The van der Waals surface area contributed by atoms with E-state index in [1.54, 1.807) is 4.98 Å². The highest BCUT2D eigenvalue weighted by atomic mass is 35.5. The lowest BCUT2D eigenvalue weighted by Gasteiger charge is -2.16. The van der Waals surface area contributed by atoms with Gasteiger partial charge < -0.3 is 19.2 Å². The number of hydrogen-bond donors (Lipinski definition) is 1. The largest absolute Gasteiger partial charge is 0.493 e. The molecule has 0 aliphatic rings. The summed E-state index contributed by atoms with van der Waals surface area (Å²) in [5.74, 6) is 0.0706. The monoisotopic (exact) mass is 484 g/mol. The minimum atomic E-state index is -4.72. The van der Waals surface area contributed by atoms with Crippen LogP contribution in [0.1, 0.15) is 22.5 Å². The fourth-order valence-electron chi connectivity index (χ4n) is 2.85. The van der Waals surface area contributed by atoms with Crippen LogP contribution in [0.15, 0.2) is 41.2 Å². The predicted octanol–water partition coefficient (Wildman–Crippen LogP) is 5.35. The summed E-state index contributed by atoms with van der Waals surface area (Å²) in [6, 6.07) is 8.00. The fourth-order valence-corrected chi connectivity index (χ4v) is 3.07. The van der Waals surface area contributed by atoms with Crippen molar-refractivity contribution < 1.29 is 31.8 Å². The molecule has 3 aromatic rings. The van der Waals surface area contributed by atoms with Crippen molar-refractivity contribution in [2.75, 3.05) is 14.2 Å². The number of nitrogens with zero attached hydrogens (tertiary/aromatic N) is 1. The van der Waals surface area contributed by atoms with Crippen molar-refractivity contribution in [3.63, 3.8) is 0 Å². The van der Waals surface area contributed by atoms with Crippen LogP contribution < -0.4 is 19.9 Å². The van der Waals surface area contributed by atoms with Crippen LogP contribution in [-0.4, -0.2) is 24.2 Å². The van der Waals surface area contributed by atoms with Gasteiger partial charge in [-0.2, -0.15) is 18.2 Å². The van der Waals surface area contributed by atoms with Gasteiger partial charge in [-0.15, -0.1) is 0 Å². The third kappa shape index (κ3) is 5.83. The van der Waals surface area contributed by atoms with Gasteiger partial charge in [0, 0.05) is 5.56 Å². The first-order valence-corrected chi connectivity index (χ1v) is 9.68. The summed E-state index contributed by atoms with van der Waals surface area (Å²) in [6.07, 6.45) is -2.07. The van der Waals surface area contributed by atoms with Crippen LogP contribution in [0.2, 0.25) is 5.02 Å². The Kier molecular flexibility index (Phi) is 7.27. The summed E-state index contributed by atoms with van der Waals surface area (Å²) in [7, 11) is 2.75. The minimum absolute atomic E-state index is 0.146. The molecule has 0 fully saturated rings. The average Bonchev–Trinajstić information content (AvgIpc) is 2.76. The second kappa shape index (κ2) is 9.95. The van der Waals surface area contributed by atoms with Gasteiger partial charge in [0.1, 0.15) is 18.1 Å². The van der Waals surface area contributed by atoms with Crippen molar-refractivity contribution in [2.45, 2.75) is 12.8 Å². The Morgan fingerprint density at radius 1 is 1.09 bits per heavy atom. The van der Waals surface area contributed by atoms with Gasteiger partial charge in [0.2, 0.25) is 5.75 Å². The maximum absolute atomic E-state index is 14.0. The highest BCUT2D eigenvalue weighted by Crippen LogP contribution is 2.40. The number of nitrogens with one attached hydrogen (secondary N) is 1. The van der Waals surface area contributed by atoms with Gasteiger partial charge in [0.25, 0.3) is 0 Å². The molecule has 0 atom stereocenters. The van der Waals surface area contributed by atoms with Gasteiger partial charge in [-0.3, -0.25) is 0 Å². The van der Waals surface area contributed by atoms with Crippen LogP contribution in [0.5, 0.6) is 17.2 Å². The summed E-state index contributed by atoms with van der Waals surface area (Å²) < 4.78 is 69.1. The van der Waals surface area contributed by atoms with E-state index < -0.39 is 23.4 Å². The number of halogens is 5. The molecule has 1 heterocycles. The second-order valence-electron chi connectivity index (χ2n) is 6.60. The molecule has 0 aliphatic carbocycles. The van der Waals surface area contributed by atoms with Crippen molar-refractivity contribution in [1.82, 2.24) is 9.97 Å². The summed E-state index contributed by atoms with van der Waals surface area (Å²) in [4.78, 5) is 16.6. The molecule has 0 saturated carbocycles. The van der Waals surface area contributed by atoms with E-state index in [0.717, 1.165) is 0 Å². The van der Waals surface area contributed by atoms with E-state index in [1.807, 2.05) is 0 Å². The number of aromatic nitrogens is 2. The van der Waals surface area contributed by atoms with E-state index in [-0.39, 0.29) is 40.1 Å². The highest BCUT2D eigenvalue weighted by molar-refractivity contribution is 6.31. The molecule has 33 heavy (non-hydrogen) atoms. The maximum atomic E-state index is 14.0. The van der Waals surface area contributed by atoms with Crippen LogP contribution in [0.3, 0.4) is 0 Å². The van der Waals surface area contributed by atoms with Gasteiger partial charge in [-0.25, -0.2) is 9.18 Å². The molecule has 2 aromatic carbocycles.